The normalized spacial score (nSPS) is 11.2. The molecule has 28 heavy (non-hydrogen) atoms. The van der Waals surface area contributed by atoms with Crippen LogP contribution in [0.5, 0.6) is 5.75 Å². The van der Waals surface area contributed by atoms with Crippen LogP contribution in [0, 0.1) is 0 Å². The van der Waals surface area contributed by atoms with Crippen molar-refractivity contribution in [3.63, 3.8) is 0 Å². The Bertz CT molecular complexity index is 1030. The molecule has 2 heterocycles. The van der Waals surface area contributed by atoms with Gasteiger partial charge in [0.25, 0.3) is 0 Å². The van der Waals surface area contributed by atoms with Crippen LogP contribution in [0.2, 0.25) is 0 Å². The Morgan fingerprint density at radius 2 is 2.04 bits per heavy atom. The molecule has 3 rings (SSSR count). The van der Waals surface area contributed by atoms with Crippen molar-refractivity contribution in [2.24, 2.45) is 0 Å². The van der Waals surface area contributed by atoms with E-state index in [0.29, 0.717) is 17.3 Å². The third kappa shape index (κ3) is 4.87. The highest BCUT2D eigenvalue weighted by Crippen LogP contribution is 2.22. The lowest BCUT2D eigenvalue weighted by Gasteiger charge is -2.21. The van der Waals surface area contributed by atoms with Crippen LogP contribution in [0.25, 0.3) is 10.7 Å². The van der Waals surface area contributed by atoms with Crippen molar-refractivity contribution in [3.05, 3.63) is 47.7 Å². The average molecular weight is 422 g/mol. The molecule has 0 unspecified atom stereocenters. The number of aromatic nitrogens is 2. The van der Waals surface area contributed by atoms with Crippen LogP contribution in [0.15, 0.2) is 46.3 Å². The van der Waals surface area contributed by atoms with E-state index in [1.54, 1.807) is 24.3 Å². The first-order valence-electron chi connectivity index (χ1n) is 8.12. The minimum absolute atomic E-state index is 0.00256. The summed E-state index contributed by atoms with van der Waals surface area (Å²) < 4.78 is 35.4. The third-order valence-electron chi connectivity index (χ3n) is 3.69. The van der Waals surface area contributed by atoms with Gasteiger partial charge in [-0.15, -0.1) is 11.3 Å². The monoisotopic (exact) mass is 422 g/mol. The van der Waals surface area contributed by atoms with Gasteiger partial charge in [0.05, 0.1) is 30.5 Å². The summed E-state index contributed by atoms with van der Waals surface area (Å²) in [5, 5.41) is 8.34. The smallest absolute Gasteiger partial charge is 0.246 e. The van der Waals surface area contributed by atoms with Crippen molar-refractivity contribution in [2.75, 3.05) is 24.2 Å². The SMILES string of the molecule is COc1ccc(N(CC(=O)NCc2nc(-c3cccs3)no2)S(C)(=O)=O)cc1. The largest absolute Gasteiger partial charge is 0.497 e. The molecule has 9 nitrogen and oxygen atoms in total. The molecule has 2 aromatic heterocycles. The number of amides is 1. The molecule has 0 atom stereocenters. The average Bonchev–Trinajstić information content (AvgIpc) is 3.35. The van der Waals surface area contributed by atoms with Crippen LogP contribution >= 0.6 is 11.3 Å². The number of rotatable bonds is 8. The first-order valence-corrected chi connectivity index (χ1v) is 10.8. The second-order valence-corrected chi connectivity index (χ2v) is 8.59. The van der Waals surface area contributed by atoms with Gasteiger partial charge in [-0.05, 0) is 35.7 Å². The van der Waals surface area contributed by atoms with Crippen molar-refractivity contribution in [2.45, 2.75) is 6.54 Å². The zero-order valence-electron chi connectivity index (χ0n) is 15.2. The zero-order chi connectivity index (χ0) is 20.1. The van der Waals surface area contributed by atoms with Crippen LogP contribution in [0.4, 0.5) is 5.69 Å². The summed E-state index contributed by atoms with van der Waals surface area (Å²) in [6.45, 7) is -0.380. The quantitative estimate of drug-likeness (QED) is 0.589. The Hall–Kier alpha value is -2.92. The standard InChI is InChI=1S/C17H18N4O5S2/c1-25-13-7-5-12(6-8-13)21(28(2,23)24)11-15(22)18-10-16-19-17(20-26-16)14-4-3-9-27-14/h3-9H,10-11H2,1-2H3,(H,18,22). The predicted octanol–water partition coefficient (Wildman–Crippen LogP) is 1.89. The van der Waals surface area contributed by atoms with E-state index in [-0.39, 0.29) is 19.0 Å². The second kappa shape index (κ2) is 8.40. The van der Waals surface area contributed by atoms with E-state index in [1.807, 2.05) is 17.5 Å². The molecule has 0 aliphatic rings. The fraction of sp³-hybridized carbons (Fsp3) is 0.235. The molecule has 0 radical (unpaired) electrons. The maximum absolute atomic E-state index is 12.3. The number of sulfonamides is 1. The molecular formula is C17H18N4O5S2. The first-order chi connectivity index (χ1) is 13.4. The number of anilines is 1. The van der Waals surface area contributed by atoms with E-state index in [4.69, 9.17) is 9.26 Å². The van der Waals surface area contributed by atoms with Crippen LogP contribution in [-0.4, -0.2) is 44.4 Å². The number of carbonyl (C=O) groups is 1. The van der Waals surface area contributed by atoms with Crippen molar-refractivity contribution >= 4 is 33.0 Å². The molecular weight excluding hydrogens is 404 g/mol. The molecule has 0 aliphatic heterocycles. The number of hydrogen-bond acceptors (Lipinski definition) is 8. The third-order valence-corrected chi connectivity index (χ3v) is 5.70. The van der Waals surface area contributed by atoms with Crippen molar-refractivity contribution in [3.8, 4) is 16.5 Å². The molecule has 1 aromatic carbocycles. The highest BCUT2D eigenvalue weighted by Gasteiger charge is 2.21. The van der Waals surface area contributed by atoms with Crippen LogP contribution < -0.4 is 14.4 Å². The fourth-order valence-electron chi connectivity index (χ4n) is 2.34. The number of nitrogens with zero attached hydrogens (tertiary/aromatic N) is 3. The molecule has 0 saturated carbocycles. The van der Waals surface area contributed by atoms with Gasteiger partial charge in [0, 0.05) is 0 Å². The summed E-state index contributed by atoms with van der Waals surface area (Å²) >= 11 is 1.47. The summed E-state index contributed by atoms with van der Waals surface area (Å²) in [7, 11) is -2.15. The van der Waals surface area contributed by atoms with Gasteiger partial charge in [-0.1, -0.05) is 11.2 Å². The minimum atomic E-state index is -3.66. The van der Waals surface area contributed by atoms with Gasteiger partial charge >= 0.3 is 0 Å². The highest BCUT2D eigenvalue weighted by atomic mass is 32.2. The van der Waals surface area contributed by atoms with Crippen LogP contribution in [0.1, 0.15) is 5.89 Å². The number of hydrogen-bond donors (Lipinski definition) is 1. The predicted molar refractivity (Wildman–Crippen MR) is 105 cm³/mol. The molecule has 1 N–H and O–H groups in total. The fourth-order valence-corrected chi connectivity index (χ4v) is 3.85. The molecule has 0 bridgehead atoms. The lowest BCUT2D eigenvalue weighted by Crippen LogP contribution is -2.40. The van der Waals surface area contributed by atoms with Crippen molar-refractivity contribution < 1.29 is 22.5 Å². The van der Waals surface area contributed by atoms with Gasteiger partial charge in [-0.3, -0.25) is 9.10 Å². The maximum atomic E-state index is 12.3. The maximum Gasteiger partial charge on any atom is 0.246 e. The number of methoxy groups -OCH3 is 1. The van der Waals surface area contributed by atoms with Gasteiger partial charge in [-0.2, -0.15) is 4.98 Å². The van der Waals surface area contributed by atoms with Gasteiger partial charge in [-0.25, -0.2) is 8.42 Å². The van der Waals surface area contributed by atoms with E-state index in [0.717, 1.165) is 15.4 Å². The van der Waals surface area contributed by atoms with E-state index in [1.165, 1.54) is 18.4 Å². The van der Waals surface area contributed by atoms with Crippen LogP contribution in [0.3, 0.4) is 0 Å². The van der Waals surface area contributed by atoms with Gasteiger partial charge in [0.15, 0.2) is 0 Å². The zero-order valence-corrected chi connectivity index (χ0v) is 16.8. The van der Waals surface area contributed by atoms with E-state index in [2.05, 4.69) is 15.5 Å². The summed E-state index contributed by atoms with van der Waals surface area (Å²) in [5.41, 5.74) is 0.358. The molecule has 0 fully saturated rings. The molecule has 0 aliphatic carbocycles. The lowest BCUT2D eigenvalue weighted by atomic mass is 10.3. The van der Waals surface area contributed by atoms with Crippen molar-refractivity contribution in [1.29, 1.82) is 0 Å². The second-order valence-electron chi connectivity index (χ2n) is 5.73. The minimum Gasteiger partial charge on any atom is -0.497 e. The number of thiophene rings is 1. The highest BCUT2D eigenvalue weighted by molar-refractivity contribution is 7.92. The Labute approximate surface area is 166 Å². The lowest BCUT2D eigenvalue weighted by molar-refractivity contribution is -0.119. The topological polar surface area (TPSA) is 115 Å². The number of ether oxygens (including phenoxy) is 1. The van der Waals surface area contributed by atoms with Gasteiger partial charge in [0.1, 0.15) is 12.3 Å². The Morgan fingerprint density at radius 1 is 1.29 bits per heavy atom. The number of carbonyl (C=O) groups excluding carboxylic acids is 1. The summed E-state index contributed by atoms with van der Waals surface area (Å²) in [5.74, 6) is 0.749. The molecule has 148 valence electrons. The molecule has 1 amide bonds. The summed E-state index contributed by atoms with van der Waals surface area (Å²) in [4.78, 5) is 17.3. The van der Waals surface area contributed by atoms with E-state index >= 15 is 0 Å². The van der Waals surface area contributed by atoms with Gasteiger partial charge in [0.2, 0.25) is 27.6 Å². The summed E-state index contributed by atoms with van der Waals surface area (Å²) in [6, 6.07) is 10.1. The molecule has 11 heteroatoms. The Kier molecular flexibility index (Phi) is 5.95. The van der Waals surface area contributed by atoms with Crippen LogP contribution in [-0.2, 0) is 21.4 Å². The number of nitrogens with one attached hydrogen (secondary N) is 1. The Balaban J connectivity index is 1.64. The first kappa shape index (κ1) is 19.8. The van der Waals surface area contributed by atoms with Crippen molar-refractivity contribution in [1.82, 2.24) is 15.5 Å². The van der Waals surface area contributed by atoms with E-state index < -0.39 is 15.9 Å². The van der Waals surface area contributed by atoms with Gasteiger partial charge < -0.3 is 14.6 Å². The molecule has 3 aromatic rings. The molecule has 0 saturated heterocycles. The number of benzene rings is 1. The van der Waals surface area contributed by atoms with E-state index in [9.17, 15) is 13.2 Å². The molecule has 0 spiro atoms. The Morgan fingerprint density at radius 3 is 2.64 bits per heavy atom. The summed E-state index contributed by atoms with van der Waals surface area (Å²) in [6.07, 6.45) is 1.04.